The summed E-state index contributed by atoms with van der Waals surface area (Å²) in [6, 6.07) is 7.91. The van der Waals surface area contributed by atoms with Crippen molar-refractivity contribution in [2.24, 2.45) is 5.92 Å². The van der Waals surface area contributed by atoms with Crippen LogP contribution < -0.4 is 10.2 Å². The van der Waals surface area contributed by atoms with Gasteiger partial charge in [-0.3, -0.25) is 20.4 Å². The summed E-state index contributed by atoms with van der Waals surface area (Å²) in [6.07, 6.45) is 7.01. The number of carbonyl (C=O) groups excluding carboxylic acids is 1. The van der Waals surface area contributed by atoms with Crippen LogP contribution >= 0.6 is 0 Å². The van der Waals surface area contributed by atoms with Gasteiger partial charge in [0, 0.05) is 31.8 Å². The van der Waals surface area contributed by atoms with Gasteiger partial charge in [0.2, 0.25) is 11.9 Å². The third kappa shape index (κ3) is 4.73. The van der Waals surface area contributed by atoms with Crippen molar-refractivity contribution in [3.63, 3.8) is 0 Å². The van der Waals surface area contributed by atoms with Gasteiger partial charge in [-0.25, -0.2) is 13.3 Å². The second-order valence-corrected chi connectivity index (χ2v) is 8.89. The fraction of sp³-hybridized carbons (Fsp3) is 0.375. The summed E-state index contributed by atoms with van der Waals surface area (Å²) in [5, 5.41) is 15.1. The van der Waals surface area contributed by atoms with Crippen molar-refractivity contribution in [3.8, 4) is 0 Å². The minimum atomic E-state index is -0.531. The van der Waals surface area contributed by atoms with Gasteiger partial charge in [-0.05, 0) is 73.7 Å². The first-order chi connectivity index (χ1) is 15.9. The van der Waals surface area contributed by atoms with Gasteiger partial charge < -0.3 is 4.90 Å². The second kappa shape index (κ2) is 8.90. The van der Waals surface area contributed by atoms with Crippen molar-refractivity contribution in [2.45, 2.75) is 32.2 Å². The van der Waals surface area contributed by atoms with Crippen molar-refractivity contribution in [2.75, 3.05) is 24.5 Å². The molecule has 2 saturated heterocycles. The highest BCUT2D eigenvalue weighted by Gasteiger charge is 2.25. The minimum absolute atomic E-state index is 0.0807. The summed E-state index contributed by atoms with van der Waals surface area (Å²) in [5.74, 6) is -0.584. The zero-order valence-corrected chi connectivity index (χ0v) is 18.2. The van der Waals surface area contributed by atoms with Crippen molar-refractivity contribution >= 4 is 23.1 Å². The molecule has 2 fully saturated rings. The molecule has 5 rings (SSSR count). The maximum absolute atomic E-state index is 13.5. The number of aromatic nitrogens is 2. The number of nitrogens with zero attached hydrogens (tertiary/aromatic N) is 4. The van der Waals surface area contributed by atoms with Crippen LogP contribution in [0.3, 0.4) is 0 Å². The standard InChI is InChI=1S/C24H26F2N6O/c25-19-10-18(11-20(26)13-19)15-30-5-1-16(2-6-30)9-17-3-8-32-21(12-17)22(14-28-32)31-7-4-23(33)29-24(31)27/h3,8,10-14,16H,1-2,4-7,9,15H2,(H2,27,29,33). The van der Waals surface area contributed by atoms with E-state index < -0.39 is 11.6 Å². The molecule has 7 nitrogen and oxygen atoms in total. The molecule has 0 saturated carbocycles. The first-order valence-corrected chi connectivity index (χ1v) is 11.2. The molecule has 1 amide bonds. The van der Waals surface area contributed by atoms with E-state index in [0.717, 1.165) is 49.6 Å². The zero-order valence-electron chi connectivity index (χ0n) is 18.2. The Bertz CT molecular complexity index is 1180. The molecule has 0 unspecified atom stereocenters. The average molecular weight is 453 g/mol. The van der Waals surface area contributed by atoms with Crippen LogP contribution in [-0.4, -0.2) is 46.0 Å². The number of pyridine rings is 1. The lowest BCUT2D eigenvalue weighted by atomic mass is 9.90. The molecule has 0 atom stereocenters. The number of hydrogen-bond donors (Lipinski definition) is 2. The van der Waals surface area contributed by atoms with E-state index in [-0.39, 0.29) is 11.9 Å². The first kappa shape index (κ1) is 21.5. The van der Waals surface area contributed by atoms with Crippen molar-refractivity contribution < 1.29 is 13.6 Å². The number of benzene rings is 1. The third-order valence-corrected chi connectivity index (χ3v) is 6.51. The van der Waals surface area contributed by atoms with Gasteiger partial charge in [0.1, 0.15) is 11.6 Å². The van der Waals surface area contributed by atoms with E-state index in [0.29, 0.717) is 31.0 Å². The molecule has 0 bridgehead atoms. The molecule has 9 heteroatoms. The Morgan fingerprint density at radius 1 is 1.06 bits per heavy atom. The Morgan fingerprint density at radius 3 is 2.55 bits per heavy atom. The summed E-state index contributed by atoms with van der Waals surface area (Å²) in [6.45, 7) is 2.82. The highest BCUT2D eigenvalue weighted by Crippen LogP contribution is 2.27. The summed E-state index contributed by atoms with van der Waals surface area (Å²) in [4.78, 5) is 15.6. The summed E-state index contributed by atoms with van der Waals surface area (Å²) >= 11 is 0. The van der Waals surface area contributed by atoms with E-state index in [2.05, 4.69) is 27.4 Å². The molecular weight excluding hydrogens is 426 g/mol. The lowest BCUT2D eigenvalue weighted by Crippen LogP contribution is -2.50. The lowest BCUT2D eigenvalue weighted by Gasteiger charge is -2.32. The van der Waals surface area contributed by atoms with E-state index in [9.17, 15) is 13.6 Å². The molecular formula is C24H26F2N6O. The van der Waals surface area contributed by atoms with Crippen molar-refractivity contribution in [1.29, 1.82) is 5.41 Å². The number of hydrogen-bond acceptors (Lipinski definition) is 4. The Labute approximate surface area is 190 Å². The van der Waals surface area contributed by atoms with Crippen molar-refractivity contribution in [1.82, 2.24) is 19.8 Å². The Morgan fingerprint density at radius 2 is 1.82 bits per heavy atom. The number of halogens is 2. The maximum Gasteiger partial charge on any atom is 0.228 e. The number of anilines is 1. The molecule has 0 spiro atoms. The van der Waals surface area contributed by atoms with Crippen LogP contribution in [-0.2, 0) is 17.8 Å². The fourth-order valence-corrected chi connectivity index (χ4v) is 4.82. The minimum Gasteiger partial charge on any atom is -0.309 e. The summed E-state index contributed by atoms with van der Waals surface area (Å²) in [5.41, 5.74) is 3.62. The number of fused-ring (bicyclic) bond motifs is 1. The third-order valence-electron chi connectivity index (χ3n) is 6.51. The normalized spacial score (nSPS) is 18.2. The van der Waals surface area contributed by atoms with E-state index in [4.69, 9.17) is 5.41 Å². The monoisotopic (exact) mass is 452 g/mol. The number of rotatable bonds is 5. The summed E-state index contributed by atoms with van der Waals surface area (Å²) in [7, 11) is 0. The molecule has 33 heavy (non-hydrogen) atoms. The highest BCUT2D eigenvalue weighted by molar-refractivity contribution is 6.08. The number of likely N-dealkylation sites (tertiary alicyclic amines) is 1. The first-order valence-electron chi connectivity index (χ1n) is 11.2. The quantitative estimate of drug-likeness (QED) is 0.623. The van der Waals surface area contributed by atoms with Gasteiger partial charge in [0.25, 0.3) is 0 Å². The van der Waals surface area contributed by atoms with Gasteiger partial charge in [0.15, 0.2) is 0 Å². The van der Waals surface area contributed by atoms with E-state index >= 15 is 0 Å². The molecule has 2 aromatic heterocycles. The van der Waals surface area contributed by atoms with Gasteiger partial charge in [-0.2, -0.15) is 5.10 Å². The molecule has 172 valence electrons. The zero-order chi connectivity index (χ0) is 22.9. The molecule has 3 aromatic rings. The molecule has 1 aromatic carbocycles. The van der Waals surface area contributed by atoms with Crippen molar-refractivity contribution in [3.05, 3.63) is 65.5 Å². The van der Waals surface area contributed by atoms with Gasteiger partial charge in [-0.1, -0.05) is 0 Å². The number of nitrogens with one attached hydrogen (secondary N) is 2. The predicted octanol–water partition coefficient (Wildman–Crippen LogP) is 3.33. The second-order valence-electron chi connectivity index (χ2n) is 8.89. The molecule has 2 N–H and O–H groups in total. The van der Waals surface area contributed by atoms with E-state index in [1.54, 1.807) is 15.6 Å². The molecule has 0 radical (unpaired) electrons. The lowest BCUT2D eigenvalue weighted by molar-refractivity contribution is -0.119. The van der Waals surface area contributed by atoms with Crippen LogP contribution in [0.5, 0.6) is 0 Å². The van der Waals surface area contributed by atoms with Crippen LogP contribution in [0.25, 0.3) is 5.52 Å². The number of carbonyl (C=O) groups is 1. The predicted molar refractivity (Wildman–Crippen MR) is 121 cm³/mol. The van der Waals surface area contributed by atoms with Gasteiger partial charge in [-0.15, -0.1) is 0 Å². The van der Waals surface area contributed by atoms with Crippen LogP contribution in [0.15, 0.2) is 42.7 Å². The number of guanidine groups is 1. The van der Waals surface area contributed by atoms with Crippen LogP contribution in [0.1, 0.15) is 30.4 Å². The average Bonchev–Trinajstić information content (AvgIpc) is 3.17. The Kier molecular flexibility index (Phi) is 5.80. The van der Waals surface area contributed by atoms with E-state index in [1.807, 2.05) is 6.20 Å². The largest absolute Gasteiger partial charge is 0.309 e. The number of piperidine rings is 1. The van der Waals surface area contributed by atoms with Crippen LogP contribution in [0.2, 0.25) is 0 Å². The Balaban J connectivity index is 1.23. The Hall–Kier alpha value is -3.33. The van der Waals surface area contributed by atoms with E-state index in [1.165, 1.54) is 17.7 Å². The van der Waals surface area contributed by atoms with Gasteiger partial charge in [0.05, 0.1) is 17.4 Å². The molecule has 0 aliphatic carbocycles. The molecule has 2 aliphatic heterocycles. The fourth-order valence-electron chi connectivity index (χ4n) is 4.82. The topological polar surface area (TPSA) is 76.7 Å². The smallest absolute Gasteiger partial charge is 0.228 e. The van der Waals surface area contributed by atoms with Gasteiger partial charge >= 0.3 is 0 Å². The van der Waals surface area contributed by atoms with Crippen LogP contribution in [0.4, 0.5) is 14.5 Å². The van der Waals surface area contributed by atoms with Crippen LogP contribution in [0, 0.1) is 23.0 Å². The highest BCUT2D eigenvalue weighted by atomic mass is 19.1. The molecule has 2 aliphatic rings. The maximum atomic E-state index is 13.5. The summed E-state index contributed by atoms with van der Waals surface area (Å²) < 4.78 is 28.7. The molecule has 4 heterocycles. The number of amides is 1. The SMILES string of the molecule is N=C1NC(=O)CCN1c1cnn2ccc(CC3CCN(Cc4cc(F)cc(F)c4)CC3)cc12.